The molecule has 1 aliphatic rings. The lowest BCUT2D eigenvalue weighted by atomic mass is 10.1. The number of aromatic nitrogens is 1. The highest BCUT2D eigenvalue weighted by molar-refractivity contribution is 8.01. The number of ether oxygens (including phenoxy) is 3. The lowest BCUT2D eigenvalue weighted by molar-refractivity contribution is -0.202. The Bertz CT molecular complexity index is 1740. The van der Waals surface area contributed by atoms with Crippen molar-refractivity contribution in [3.8, 4) is 26.8 Å². The van der Waals surface area contributed by atoms with Gasteiger partial charge in [-0.25, -0.2) is 9.78 Å². The molecular weight excluding hydrogens is 656 g/mol. The second-order valence-corrected chi connectivity index (χ2v) is 13.5. The van der Waals surface area contributed by atoms with Gasteiger partial charge in [-0.15, -0.1) is 23.1 Å². The van der Waals surface area contributed by atoms with Crippen LogP contribution < -0.4 is 15.0 Å². The van der Waals surface area contributed by atoms with Crippen LogP contribution in [0.5, 0.6) is 5.75 Å². The molecule has 3 aromatic carbocycles. The largest absolute Gasteiger partial charge is 0.497 e. The number of morpholine rings is 1. The minimum atomic E-state index is -5.28. The Labute approximate surface area is 277 Å². The molecular formula is C33H30F3N3O6S2. The number of benzene rings is 3. The van der Waals surface area contributed by atoms with E-state index in [1.807, 2.05) is 36.4 Å². The monoisotopic (exact) mass is 685 g/mol. The number of esters is 2. The minimum absolute atomic E-state index is 0.226. The summed E-state index contributed by atoms with van der Waals surface area (Å²) < 4.78 is 50.9. The average molecular weight is 686 g/mol. The Morgan fingerprint density at radius 2 is 1.51 bits per heavy atom. The summed E-state index contributed by atoms with van der Waals surface area (Å²) in [6, 6.07) is 21.7. The van der Waals surface area contributed by atoms with Gasteiger partial charge in [-0.2, -0.15) is 13.2 Å². The van der Waals surface area contributed by atoms with Crippen molar-refractivity contribution in [2.45, 2.75) is 29.7 Å². The molecule has 0 unspecified atom stereocenters. The van der Waals surface area contributed by atoms with Crippen LogP contribution in [-0.4, -0.2) is 67.2 Å². The van der Waals surface area contributed by atoms with E-state index < -0.39 is 28.8 Å². The maximum absolute atomic E-state index is 13.6. The van der Waals surface area contributed by atoms with Crippen molar-refractivity contribution >= 4 is 52.3 Å². The molecule has 9 nitrogen and oxygen atoms in total. The second-order valence-electron chi connectivity index (χ2n) is 10.8. The zero-order valence-electron chi connectivity index (χ0n) is 25.6. The summed E-state index contributed by atoms with van der Waals surface area (Å²) in [7, 11) is 1.57. The van der Waals surface area contributed by atoms with E-state index in [0.29, 0.717) is 45.0 Å². The number of anilines is 2. The van der Waals surface area contributed by atoms with E-state index in [1.54, 1.807) is 43.5 Å². The summed E-state index contributed by atoms with van der Waals surface area (Å²) in [4.78, 5) is 45.1. The summed E-state index contributed by atoms with van der Waals surface area (Å²) >= 11 is 2.26. The zero-order chi connectivity index (χ0) is 33.8. The number of hydrogen-bond donors (Lipinski definition) is 1. The number of thioether (sulfide) groups is 1. The third kappa shape index (κ3) is 8.31. The van der Waals surface area contributed by atoms with Gasteiger partial charge in [0.05, 0.1) is 25.2 Å². The van der Waals surface area contributed by atoms with E-state index in [1.165, 1.54) is 25.2 Å². The first kappa shape index (κ1) is 33.9. The average Bonchev–Trinajstić information content (AvgIpc) is 3.51. The first-order valence-electron chi connectivity index (χ1n) is 14.4. The van der Waals surface area contributed by atoms with Gasteiger partial charge >= 0.3 is 18.1 Å². The normalized spacial score (nSPS) is 13.6. The molecule has 1 fully saturated rings. The highest BCUT2D eigenvalue weighted by Gasteiger charge is 2.45. The molecule has 47 heavy (non-hydrogen) atoms. The molecule has 0 bridgehead atoms. The maximum atomic E-state index is 13.6. The predicted molar refractivity (Wildman–Crippen MR) is 174 cm³/mol. The molecule has 246 valence electrons. The highest BCUT2D eigenvalue weighted by atomic mass is 32.2. The Morgan fingerprint density at radius 3 is 2.11 bits per heavy atom. The van der Waals surface area contributed by atoms with Crippen molar-refractivity contribution < 1.29 is 41.8 Å². The fourth-order valence-electron chi connectivity index (χ4n) is 4.57. The number of nitrogens with zero attached hydrogens (tertiary/aromatic N) is 2. The van der Waals surface area contributed by atoms with Crippen molar-refractivity contribution in [2.24, 2.45) is 0 Å². The minimum Gasteiger partial charge on any atom is -0.497 e. The highest BCUT2D eigenvalue weighted by Crippen LogP contribution is 2.39. The molecule has 1 aliphatic heterocycles. The molecule has 0 saturated carbocycles. The Balaban J connectivity index is 1.36. The quantitative estimate of drug-likeness (QED) is 0.112. The van der Waals surface area contributed by atoms with Crippen LogP contribution in [0.3, 0.4) is 0 Å². The molecule has 1 N–H and O–H groups in total. The van der Waals surface area contributed by atoms with Crippen LogP contribution in [0.2, 0.25) is 0 Å². The van der Waals surface area contributed by atoms with Gasteiger partial charge in [0.25, 0.3) is 5.91 Å². The van der Waals surface area contributed by atoms with Crippen molar-refractivity contribution in [3.63, 3.8) is 0 Å². The summed E-state index contributed by atoms with van der Waals surface area (Å²) in [6.45, 7) is 5.65. The topological polar surface area (TPSA) is 107 Å². The van der Waals surface area contributed by atoms with Crippen molar-refractivity contribution in [3.05, 3.63) is 78.5 Å². The van der Waals surface area contributed by atoms with Crippen LogP contribution in [0.1, 0.15) is 24.3 Å². The summed E-state index contributed by atoms with van der Waals surface area (Å²) in [5.41, 5.74) is 3.32. The number of alkyl halides is 3. The number of nitrogens with one attached hydrogen (secondary N) is 1. The third-order valence-electron chi connectivity index (χ3n) is 7.08. The van der Waals surface area contributed by atoms with Crippen LogP contribution in [0.4, 0.5) is 24.5 Å². The van der Waals surface area contributed by atoms with Gasteiger partial charge in [0, 0.05) is 34.9 Å². The number of methoxy groups -OCH3 is 1. The van der Waals surface area contributed by atoms with E-state index in [9.17, 15) is 27.6 Å². The zero-order valence-corrected chi connectivity index (χ0v) is 27.2. The lowest BCUT2D eigenvalue weighted by Gasteiger charge is -2.28. The molecule has 4 aromatic rings. The second kappa shape index (κ2) is 14.2. The number of carbonyl (C=O) groups is 3. The van der Waals surface area contributed by atoms with Crippen molar-refractivity contribution in [1.82, 2.24) is 4.98 Å². The maximum Gasteiger partial charge on any atom is 0.491 e. The molecule has 14 heteroatoms. The molecule has 5 rings (SSSR count). The Morgan fingerprint density at radius 1 is 0.894 bits per heavy atom. The Hall–Kier alpha value is -4.40. The molecule has 0 atom stereocenters. The van der Waals surface area contributed by atoms with Gasteiger partial charge in [-0.3, -0.25) is 9.59 Å². The van der Waals surface area contributed by atoms with Gasteiger partial charge in [0.2, 0.25) is 0 Å². The standard InChI is InChI=1S/C33H30F3N3O6S2/c1-32(2,30(41)45-31(42)33(34,35)36)47-25-14-6-21(7-15-25)29-38-26(27(46-29)20-4-12-24(43-3)13-5-20)28(40)37-22-8-10-23(11-9-22)39-16-18-44-19-17-39/h4-15H,16-19H2,1-3H3,(H,37,40). The number of hydrogen-bond acceptors (Lipinski definition) is 10. The first-order valence-corrected chi connectivity index (χ1v) is 16.0. The van der Waals surface area contributed by atoms with Crippen LogP contribution in [0.25, 0.3) is 21.0 Å². The van der Waals surface area contributed by atoms with Crippen LogP contribution >= 0.6 is 23.1 Å². The fourth-order valence-corrected chi connectivity index (χ4v) is 6.63. The SMILES string of the molecule is COc1ccc(-c2sc(-c3ccc(SC(C)(C)C(=O)OC(=O)C(F)(F)F)cc3)nc2C(=O)Nc2ccc(N3CCOCC3)cc2)cc1. The van der Waals surface area contributed by atoms with Crippen LogP contribution in [-0.2, 0) is 19.1 Å². The summed E-state index contributed by atoms with van der Waals surface area (Å²) in [6.07, 6.45) is -5.28. The molecule has 1 amide bonds. The van der Waals surface area contributed by atoms with E-state index >= 15 is 0 Å². The fraction of sp³-hybridized carbons (Fsp3) is 0.273. The van der Waals surface area contributed by atoms with Crippen LogP contribution in [0.15, 0.2) is 77.7 Å². The first-order chi connectivity index (χ1) is 22.3. The van der Waals surface area contributed by atoms with Crippen LogP contribution in [0, 0.1) is 0 Å². The Kier molecular flexibility index (Phi) is 10.2. The number of rotatable bonds is 9. The molecule has 0 aliphatic carbocycles. The number of thiazole rings is 1. The van der Waals surface area contributed by atoms with Crippen molar-refractivity contribution in [1.29, 1.82) is 0 Å². The molecule has 0 spiro atoms. The van der Waals surface area contributed by atoms with Crippen molar-refractivity contribution in [2.75, 3.05) is 43.6 Å². The molecule has 2 heterocycles. The van der Waals surface area contributed by atoms with Gasteiger partial charge < -0.3 is 24.4 Å². The molecule has 1 aromatic heterocycles. The van der Waals surface area contributed by atoms with E-state index in [4.69, 9.17) is 14.5 Å². The number of carbonyl (C=O) groups excluding carboxylic acids is 3. The third-order valence-corrected chi connectivity index (χ3v) is 9.42. The van der Waals surface area contributed by atoms with Gasteiger partial charge in [-0.05, 0) is 80.1 Å². The summed E-state index contributed by atoms with van der Waals surface area (Å²) in [5, 5.41) is 3.50. The smallest absolute Gasteiger partial charge is 0.491 e. The number of halogens is 3. The lowest BCUT2D eigenvalue weighted by Crippen LogP contribution is -2.36. The van der Waals surface area contributed by atoms with Gasteiger partial charge in [-0.1, -0.05) is 12.1 Å². The van der Waals surface area contributed by atoms with Gasteiger partial charge in [0.15, 0.2) is 0 Å². The van der Waals surface area contributed by atoms with E-state index in [0.717, 1.165) is 36.1 Å². The molecule has 0 radical (unpaired) electrons. The van der Waals surface area contributed by atoms with Gasteiger partial charge in [0.1, 0.15) is 21.2 Å². The summed E-state index contributed by atoms with van der Waals surface area (Å²) in [5.74, 6) is -3.61. The van der Waals surface area contributed by atoms with E-state index in [2.05, 4.69) is 15.0 Å². The number of amides is 1. The van der Waals surface area contributed by atoms with E-state index in [-0.39, 0.29) is 5.69 Å². The predicted octanol–water partition coefficient (Wildman–Crippen LogP) is 7.08. The molecule has 1 saturated heterocycles.